The Morgan fingerprint density at radius 3 is 2.70 bits per heavy atom. The Hall–Kier alpha value is -1.91. The minimum absolute atomic E-state index is 0.712. The second kappa shape index (κ2) is 7.62. The van der Waals surface area contributed by atoms with Crippen LogP contribution in [-0.2, 0) is 11.3 Å². The number of anilines is 2. The number of hydrogen-bond acceptors (Lipinski definition) is 4. The van der Waals surface area contributed by atoms with E-state index in [4.69, 9.17) is 4.74 Å². The Morgan fingerprint density at radius 2 is 1.95 bits per heavy atom. The fraction of sp³-hybridized carbons (Fsp3) is 0.312. The van der Waals surface area contributed by atoms with Crippen LogP contribution < -0.4 is 10.2 Å². The molecule has 1 heterocycles. The highest BCUT2D eigenvalue weighted by molar-refractivity contribution is 5.61. The van der Waals surface area contributed by atoms with Gasteiger partial charge in [-0.3, -0.25) is 0 Å². The number of para-hydroxylation sites is 1. The molecule has 0 radical (unpaired) electrons. The standard InChI is InChI=1S/C16H21N3O/c1-19(15-8-4-3-5-9-15)16-14(7-6-10-18-16)13-17-11-12-20-2/h3-10,17H,11-13H2,1-2H3. The summed E-state index contributed by atoms with van der Waals surface area (Å²) in [6, 6.07) is 14.3. The smallest absolute Gasteiger partial charge is 0.137 e. The summed E-state index contributed by atoms with van der Waals surface area (Å²) in [6.07, 6.45) is 1.83. The average Bonchev–Trinajstić information content (AvgIpc) is 2.52. The second-order valence-electron chi connectivity index (χ2n) is 4.55. The van der Waals surface area contributed by atoms with Crippen LogP contribution in [0.2, 0.25) is 0 Å². The number of hydrogen-bond donors (Lipinski definition) is 1. The molecule has 4 heteroatoms. The van der Waals surface area contributed by atoms with Crippen molar-refractivity contribution in [1.29, 1.82) is 0 Å². The van der Waals surface area contributed by atoms with Crippen molar-refractivity contribution < 1.29 is 4.74 Å². The molecule has 0 aliphatic rings. The summed E-state index contributed by atoms with van der Waals surface area (Å²) in [7, 11) is 3.75. The molecule has 0 spiro atoms. The maximum absolute atomic E-state index is 5.04. The third kappa shape index (κ3) is 3.79. The molecule has 0 bridgehead atoms. The molecule has 0 unspecified atom stereocenters. The van der Waals surface area contributed by atoms with Crippen molar-refractivity contribution in [2.45, 2.75) is 6.54 Å². The Balaban J connectivity index is 2.11. The van der Waals surface area contributed by atoms with Crippen LogP contribution >= 0.6 is 0 Å². The van der Waals surface area contributed by atoms with Gasteiger partial charge in [-0.25, -0.2) is 4.98 Å². The largest absolute Gasteiger partial charge is 0.383 e. The maximum atomic E-state index is 5.04. The average molecular weight is 271 g/mol. The van der Waals surface area contributed by atoms with Crippen LogP contribution in [-0.4, -0.2) is 32.3 Å². The number of methoxy groups -OCH3 is 1. The van der Waals surface area contributed by atoms with E-state index < -0.39 is 0 Å². The number of benzene rings is 1. The molecular weight excluding hydrogens is 250 g/mol. The van der Waals surface area contributed by atoms with Gasteiger partial charge in [-0.2, -0.15) is 0 Å². The lowest BCUT2D eigenvalue weighted by Crippen LogP contribution is -2.21. The lowest BCUT2D eigenvalue weighted by Gasteiger charge is -2.21. The summed E-state index contributed by atoms with van der Waals surface area (Å²) in [5.41, 5.74) is 2.30. The monoisotopic (exact) mass is 271 g/mol. The van der Waals surface area contributed by atoms with Crippen LogP contribution in [0.4, 0.5) is 11.5 Å². The van der Waals surface area contributed by atoms with Crippen LogP contribution in [0.3, 0.4) is 0 Å². The fourth-order valence-electron chi connectivity index (χ4n) is 2.04. The number of aromatic nitrogens is 1. The second-order valence-corrected chi connectivity index (χ2v) is 4.55. The van der Waals surface area contributed by atoms with Gasteiger partial charge in [0.05, 0.1) is 6.61 Å². The van der Waals surface area contributed by atoms with Gasteiger partial charge in [0.25, 0.3) is 0 Å². The van der Waals surface area contributed by atoms with E-state index in [-0.39, 0.29) is 0 Å². The number of pyridine rings is 1. The Morgan fingerprint density at radius 1 is 1.15 bits per heavy atom. The minimum Gasteiger partial charge on any atom is -0.383 e. The summed E-state index contributed by atoms with van der Waals surface area (Å²) in [5.74, 6) is 0.976. The number of ether oxygens (including phenoxy) is 1. The molecule has 1 aromatic carbocycles. The van der Waals surface area contributed by atoms with E-state index in [1.807, 2.05) is 37.5 Å². The van der Waals surface area contributed by atoms with Gasteiger partial charge < -0.3 is 15.0 Å². The van der Waals surface area contributed by atoms with E-state index in [1.54, 1.807) is 7.11 Å². The maximum Gasteiger partial charge on any atom is 0.137 e. The van der Waals surface area contributed by atoms with Crippen LogP contribution in [0, 0.1) is 0 Å². The predicted molar refractivity (Wildman–Crippen MR) is 82.3 cm³/mol. The lowest BCUT2D eigenvalue weighted by atomic mass is 10.2. The zero-order valence-corrected chi connectivity index (χ0v) is 12.0. The van der Waals surface area contributed by atoms with Crippen molar-refractivity contribution in [3.63, 3.8) is 0 Å². The molecule has 2 rings (SSSR count). The SMILES string of the molecule is COCCNCc1cccnc1N(C)c1ccccc1. The molecule has 0 aliphatic carbocycles. The molecule has 0 fully saturated rings. The van der Waals surface area contributed by atoms with Gasteiger partial charge in [0, 0.05) is 44.7 Å². The number of rotatable bonds is 7. The van der Waals surface area contributed by atoms with E-state index in [1.165, 1.54) is 5.56 Å². The summed E-state index contributed by atoms with van der Waals surface area (Å²) in [6.45, 7) is 2.33. The van der Waals surface area contributed by atoms with Crippen LogP contribution in [0.1, 0.15) is 5.56 Å². The molecule has 2 aromatic rings. The summed E-state index contributed by atoms with van der Waals surface area (Å²) >= 11 is 0. The van der Waals surface area contributed by atoms with Gasteiger partial charge in [0.15, 0.2) is 0 Å². The normalized spacial score (nSPS) is 10.5. The van der Waals surface area contributed by atoms with Crippen LogP contribution in [0.5, 0.6) is 0 Å². The van der Waals surface area contributed by atoms with E-state index >= 15 is 0 Å². The molecule has 0 atom stereocenters. The molecule has 0 saturated heterocycles. The first kappa shape index (κ1) is 14.5. The molecule has 0 aliphatic heterocycles. The molecule has 1 aromatic heterocycles. The first-order chi connectivity index (χ1) is 9.83. The topological polar surface area (TPSA) is 37.4 Å². The summed E-state index contributed by atoms with van der Waals surface area (Å²) in [5, 5.41) is 3.36. The van der Waals surface area contributed by atoms with Crippen molar-refractivity contribution in [1.82, 2.24) is 10.3 Å². The van der Waals surface area contributed by atoms with Crippen molar-refractivity contribution in [2.24, 2.45) is 0 Å². The van der Waals surface area contributed by atoms with Crippen LogP contribution in [0.15, 0.2) is 48.7 Å². The molecule has 0 amide bonds. The van der Waals surface area contributed by atoms with Gasteiger partial charge in [0.1, 0.15) is 5.82 Å². The van der Waals surface area contributed by atoms with Crippen molar-refractivity contribution >= 4 is 11.5 Å². The molecule has 0 saturated carbocycles. The minimum atomic E-state index is 0.712. The Bertz CT molecular complexity index is 516. The molecule has 1 N–H and O–H groups in total. The fourth-order valence-corrected chi connectivity index (χ4v) is 2.04. The highest BCUT2D eigenvalue weighted by Crippen LogP contribution is 2.24. The zero-order valence-electron chi connectivity index (χ0n) is 12.0. The van der Waals surface area contributed by atoms with Gasteiger partial charge in [0.2, 0.25) is 0 Å². The van der Waals surface area contributed by atoms with Crippen molar-refractivity contribution in [2.75, 3.05) is 32.2 Å². The van der Waals surface area contributed by atoms with Gasteiger partial charge in [-0.1, -0.05) is 24.3 Å². The molecular formula is C16H21N3O. The zero-order chi connectivity index (χ0) is 14.2. The van der Waals surface area contributed by atoms with Crippen molar-refractivity contribution in [3.05, 3.63) is 54.2 Å². The number of nitrogens with one attached hydrogen (secondary N) is 1. The van der Waals surface area contributed by atoms with E-state index in [0.29, 0.717) is 6.61 Å². The highest BCUT2D eigenvalue weighted by atomic mass is 16.5. The first-order valence-electron chi connectivity index (χ1n) is 6.75. The number of nitrogens with zero attached hydrogens (tertiary/aromatic N) is 2. The van der Waals surface area contributed by atoms with Gasteiger partial charge in [-0.15, -0.1) is 0 Å². The van der Waals surface area contributed by atoms with Gasteiger partial charge in [-0.05, 0) is 18.2 Å². The molecule has 4 nitrogen and oxygen atoms in total. The van der Waals surface area contributed by atoms with E-state index in [2.05, 4.69) is 33.4 Å². The third-order valence-corrected chi connectivity index (χ3v) is 3.13. The summed E-state index contributed by atoms with van der Waals surface area (Å²) < 4.78 is 5.04. The molecule has 20 heavy (non-hydrogen) atoms. The highest BCUT2D eigenvalue weighted by Gasteiger charge is 2.09. The van der Waals surface area contributed by atoms with Crippen LogP contribution in [0.25, 0.3) is 0 Å². The third-order valence-electron chi connectivity index (χ3n) is 3.13. The van der Waals surface area contributed by atoms with Crippen molar-refractivity contribution in [3.8, 4) is 0 Å². The quantitative estimate of drug-likeness (QED) is 0.785. The Labute approximate surface area is 120 Å². The Kier molecular flexibility index (Phi) is 5.53. The van der Waals surface area contributed by atoms with E-state index in [0.717, 1.165) is 24.6 Å². The summed E-state index contributed by atoms with van der Waals surface area (Å²) in [4.78, 5) is 6.61. The predicted octanol–water partition coefficient (Wildman–Crippen LogP) is 2.59. The van der Waals surface area contributed by atoms with E-state index in [9.17, 15) is 0 Å². The first-order valence-corrected chi connectivity index (χ1v) is 6.75. The lowest BCUT2D eigenvalue weighted by molar-refractivity contribution is 0.199. The van der Waals surface area contributed by atoms with Gasteiger partial charge >= 0.3 is 0 Å². The molecule has 106 valence electrons.